The SMILES string of the molecule is CC(C)OC(=O)COC1CCOC1. The lowest BCUT2D eigenvalue weighted by Gasteiger charge is -2.11. The number of hydrogen-bond acceptors (Lipinski definition) is 4. The molecule has 1 saturated heterocycles. The van der Waals surface area contributed by atoms with Gasteiger partial charge < -0.3 is 14.2 Å². The molecule has 0 bridgehead atoms. The van der Waals surface area contributed by atoms with Gasteiger partial charge in [-0.3, -0.25) is 0 Å². The number of hydrogen-bond donors (Lipinski definition) is 0. The third kappa shape index (κ3) is 4.24. The van der Waals surface area contributed by atoms with Crippen LogP contribution in [0.25, 0.3) is 0 Å². The van der Waals surface area contributed by atoms with Crippen molar-refractivity contribution in [3.8, 4) is 0 Å². The number of esters is 1. The monoisotopic (exact) mass is 188 g/mol. The lowest BCUT2D eigenvalue weighted by molar-refractivity contribution is -0.154. The normalized spacial score (nSPS) is 22.2. The van der Waals surface area contributed by atoms with E-state index < -0.39 is 0 Å². The summed E-state index contributed by atoms with van der Waals surface area (Å²) in [5.41, 5.74) is 0. The van der Waals surface area contributed by atoms with Crippen LogP contribution in [0.1, 0.15) is 20.3 Å². The van der Waals surface area contributed by atoms with Crippen LogP contribution in [-0.2, 0) is 19.0 Å². The number of carbonyl (C=O) groups is 1. The molecule has 1 heterocycles. The highest BCUT2D eigenvalue weighted by Crippen LogP contribution is 2.07. The highest BCUT2D eigenvalue weighted by Gasteiger charge is 2.17. The summed E-state index contributed by atoms with van der Waals surface area (Å²) in [7, 11) is 0. The molecule has 0 aliphatic carbocycles. The van der Waals surface area contributed by atoms with Crippen LogP contribution in [0.2, 0.25) is 0 Å². The zero-order chi connectivity index (χ0) is 9.68. The van der Waals surface area contributed by atoms with Crippen LogP contribution in [0, 0.1) is 0 Å². The molecular formula is C9H16O4. The van der Waals surface area contributed by atoms with Gasteiger partial charge in [0.25, 0.3) is 0 Å². The maximum absolute atomic E-state index is 11.0. The van der Waals surface area contributed by atoms with E-state index in [1.165, 1.54) is 0 Å². The summed E-state index contributed by atoms with van der Waals surface area (Å²) in [5, 5.41) is 0. The summed E-state index contributed by atoms with van der Waals surface area (Å²) in [4.78, 5) is 11.0. The van der Waals surface area contributed by atoms with Crippen molar-refractivity contribution in [2.75, 3.05) is 19.8 Å². The molecule has 4 nitrogen and oxygen atoms in total. The van der Waals surface area contributed by atoms with Gasteiger partial charge >= 0.3 is 5.97 Å². The van der Waals surface area contributed by atoms with Crippen LogP contribution in [0.5, 0.6) is 0 Å². The van der Waals surface area contributed by atoms with Crippen molar-refractivity contribution in [3.05, 3.63) is 0 Å². The molecule has 0 radical (unpaired) electrons. The first kappa shape index (κ1) is 10.5. The molecule has 1 fully saturated rings. The maximum Gasteiger partial charge on any atom is 0.332 e. The van der Waals surface area contributed by atoms with E-state index in [0.29, 0.717) is 6.61 Å². The summed E-state index contributed by atoms with van der Waals surface area (Å²) in [5.74, 6) is -0.304. The van der Waals surface area contributed by atoms with Gasteiger partial charge in [-0.05, 0) is 20.3 Å². The molecule has 0 aromatic carbocycles. The molecule has 1 aliphatic rings. The molecule has 0 saturated carbocycles. The minimum Gasteiger partial charge on any atom is -0.461 e. The Hall–Kier alpha value is -0.610. The van der Waals surface area contributed by atoms with Gasteiger partial charge in [0.1, 0.15) is 6.61 Å². The fraction of sp³-hybridized carbons (Fsp3) is 0.889. The van der Waals surface area contributed by atoms with Crippen molar-refractivity contribution >= 4 is 5.97 Å². The molecule has 1 unspecified atom stereocenters. The number of ether oxygens (including phenoxy) is 3. The second kappa shape index (κ2) is 5.19. The largest absolute Gasteiger partial charge is 0.461 e. The summed E-state index contributed by atoms with van der Waals surface area (Å²) in [6, 6.07) is 0. The van der Waals surface area contributed by atoms with Crippen molar-refractivity contribution in [1.29, 1.82) is 0 Å². The average molecular weight is 188 g/mol. The van der Waals surface area contributed by atoms with E-state index in [1.807, 2.05) is 13.8 Å². The van der Waals surface area contributed by atoms with Gasteiger partial charge in [0.05, 0.1) is 18.8 Å². The van der Waals surface area contributed by atoms with E-state index in [-0.39, 0.29) is 24.8 Å². The summed E-state index contributed by atoms with van der Waals surface area (Å²) in [6.45, 7) is 4.98. The third-order valence-corrected chi connectivity index (χ3v) is 1.69. The molecular weight excluding hydrogens is 172 g/mol. The summed E-state index contributed by atoms with van der Waals surface area (Å²) in [6.07, 6.45) is 0.866. The summed E-state index contributed by atoms with van der Waals surface area (Å²) >= 11 is 0. The highest BCUT2D eigenvalue weighted by molar-refractivity contribution is 5.70. The van der Waals surface area contributed by atoms with Crippen molar-refractivity contribution < 1.29 is 19.0 Å². The van der Waals surface area contributed by atoms with Gasteiger partial charge in [-0.1, -0.05) is 0 Å². The standard InChI is InChI=1S/C9H16O4/c1-7(2)13-9(10)6-12-8-3-4-11-5-8/h7-8H,3-6H2,1-2H3. The molecule has 1 atom stereocenters. The Kier molecular flexibility index (Phi) is 4.18. The molecule has 1 rings (SSSR count). The minimum atomic E-state index is -0.304. The quantitative estimate of drug-likeness (QED) is 0.610. The van der Waals surface area contributed by atoms with Gasteiger partial charge in [-0.15, -0.1) is 0 Å². The zero-order valence-electron chi connectivity index (χ0n) is 8.12. The van der Waals surface area contributed by atoms with Crippen LogP contribution in [0.4, 0.5) is 0 Å². The minimum absolute atomic E-state index is 0.0339. The third-order valence-electron chi connectivity index (χ3n) is 1.69. The van der Waals surface area contributed by atoms with Gasteiger partial charge in [0.15, 0.2) is 0 Å². The van der Waals surface area contributed by atoms with Crippen LogP contribution in [0.15, 0.2) is 0 Å². The van der Waals surface area contributed by atoms with Gasteiger partial charge in [-0.2, -0.15) is 0 Å². The first-order valence-electron chi connectivity index (χ1n) is 4.57. The molecule has 1 aliphatic heterocycles. The molecule has 76 valence electrons. The van der Waals surface area contributed by atoms with Gasteiger partial charge in [0, 0.05) is 6.61 Å². The number of rotatable bonds is 4. The Morgan fingerprint density at radius 1 is 1.62 bits per heavy atom. The molecule has 0 aromatic heterocycles. The fourth-order valence-electron chi connectivity index (χ4n) is 1.13. The van der Waals surface area contributed by atoms with E-state index in [9.17, 15) is 4.79 Å². The van der Waals surface area contributed by atoms with Crippen molar-refractivity contribution in [1.82, 2.24) is 0 Å². The molecule has 0 aromatic rings. The first-order valence-corrected chi connectivity index (χ1v) is 4.57. The Bertz CT molecular complexity index is 161. The average Bonchev–Trinajstić information content (AvgIpc) is 2.51. The van der Waals surface area contributed by atoms with Crippen LogP contribution in [-0.4, -0.2) is 38.0 Å². The lowest BCUT2D eigenvalue weighted by Crippen LogP contribution is -2.22. The lowest BCUT2D eigenvalue weighted by atomic mass is 10.3. The smallest absolute Gasteiger partial charge is 0.332 e. The maximum atomic E-state index is 11.0. The zero-order valence-corrected chi connectivity index (χ0v) is 8.12. The van der Waals surface area contributed by atoms with E-state index >= 15 is 0 Å². The molecule has 0 spiro atoms. The van der Waals surface area contributed by atoms with Crippen molar-refractivity contribution in [2.45, 2.75) is 32.5 Å². The Labute approximate surface area is 78.2 Å². The highest BCUT2D eigenvalue weighted by atomic mass is 16.6. The van der Waals surface area contributed by atoms with Crippen LogP contribution < -0.4 is 0 Å². The van der Waals surface area contributed by atoms with Crippen LogP contribution >= 0.6 is 0 Å². The second-order valence-electron chi connectivity index (χ2n) is 3.34. The Balaban J connectivity index is 2.07. The Morgan fingerprint density at radius 3 is 2.92 bits per heavy atom. The van der Waals surface area contributed by atoms with E-state index in [0.717, 1.165) is 13.0 Å². The van der Waals surface area contributed by atoms with Gasteiger partial charge in [-0.25, -0.2) is 4.79 Å². The van der Waals surface area contributed by atoms with Crippen molar-refractivity contribution in [2.24, 2.45) is 0 Å². The molecule has 0 N–H and O–H groups in total. The van der Waals surface area contributed by atoms with Crippen LogP contribution in [0.3, 0.4) is 0 Å². The Morgan fingerprint density at radius 2 is 2.38 bits per heavy atom. The summed E-state index contributed by atoms with van der Waals surface area (Å²) < 4.78 is 15.3. The fourth-order valence-corrected chi connectivity index (χ4v) is 1.13. The second-order valence-corrected chi connectivity index (χ2v) is 3.34. The first-order chi connectivity index (χ1) is 6.18. The molecule has 4 heteroatoms. The predicted octanol–water partition coefficient (Wildman–Crippen LogP) is 0.744. The topological polar surface area (TPSA) is 44.8 Å². The van der Waals surface area contributed by atoms with E-state index in [2.05, 4.69) is 0 Å². The van der Waals surface area contributed by atoms with E-state index in [1.54, 1.807) is 0 Å². The van der Waals surface area contributed by atoms with Crippen molar-refractivity contribution in [3.63, 3.8) is 0 Å². The van der Waals surface area contributed by atoms with Gasteiger partial charge in [0.2, 0.25) is 0 Å². The molecule has 13 heavy (non-hydrogen) atoms. The molecule has 0 amide bonds. The van der Waals surface area contributed by atoms with E-state index in [4.69, 9.17) is 14.2 Å². The predicted molar refractivity (Wildman–Crippen MR) is 46.4 cm³/mol. The number of carbonyl (C=O) groups excluding carboxylic acids is 1.